The number of amides is 1. The van der Waals surface area contributed by atoms with Gasteiger partial charge in [0.05, 0.1) is 6.04 Å². The molecule has 0 fully saturated rings. The molecule has 1 atom stereocenters. The van der Waals surface area contributed by atoms with Gasteiger partial charge in [-0.05, 0) is 37.3 Å². The molecule has 3 aromatic rings. The van der Waals surface area contributed by atoms with Crippen molar-refractivity contribution < 1.29 is 4.79 Å². The number of aromatic nitrogens is 4. The highest BCUT2D eigenvalue weighted by atomic mass is 32.1. The summed E-state index contributed by atoms with van der Waals surface area (Å²) >= 11 is 1.51. The Morgan fingerprint density at radius 1 is 1.30 bits per heavy atom. The van der Waals surface area contributed by atoms with Crippen molar-refractivity contribution >= 4 is 22.2 Å². The van der Waals surface area contributed by atoms with E-state index in [0.717, 1.165) is 28.8 Å². The van der Waals surface area contributed by atoms with Crippen molar-refractivity contribution in [1.82, 2.24) is 24.7 Å². The molecular weight excluding hydrogens is 358 g/mol. The van der Waals surface area contributed by atoms with E-state index in [9.17, 15) is 4.79 Å². The quantitative estimate of drug-likeness (QED) is 0.691. The molecule has 4 rings (SSSR count). The molecular formula is C20H25N5OS. The lowest BCUT2D eigenvalue weighted by Gasteiger charge is -2.40. The summed E-state index contributed by atoms with van der Waals surface area (Å²) in [7, 11) is 0. The monoisotopic (exact) mass is 383 g/mol. The van der Waals surface area contributed by atoms with Crippen LogP contribution in [0.25, 0.3) is 4.96 Å². The summed E-state index contributed by atoms with van der Waals surface area (Å²) in [6.07, 6.45) is 2.06. The van der Waals surface area contributed by atoms with Gasteiger partial charge in [-0.1, -0.05) is 48.9 Å². The first-order valence-corrected chi connectivity index (χ1v) is 10.3. The number of carbonyl (C=O) groups is 1. The molecule has 0 saturated carbocycles. The maximum absolute atomic E-state index is 13.1. The molecule has 0 saturated heterocycles. The molecule has 6 nitrogen and oxygen atoms in total. The van der Waals surface area contributed by atoms with Crippen LogP contribution in [0.3, 0.4) is 0 Å². The second kappa shape index (κ2) is 7.03. The van der Waals surface area contributed by atoms with Crippen molar-refractivity contribution in [2.45, 2.75) is 53.0 Å². The van der Waals surface area contributed by atoms with Crippen molar-refractivity contribution in [2.75, 3.05) is 6.54 Å². The molecule has 1 amide bonds. The average Bonchev–Trinajstić information content (AvgIpc) is 3.20. The minimum atomic E-state index is 0.155. The van der Waals surface area contributed by atoms with E-state index in [4.69, 9.17) is 0 Å². The van der Waals surface area contributed by atoms with E-state index in [1.807, 2.05) is 6.92 Å². The number of benzene rings is 1. The fraction of sp³-hybridized carbons (Fsp3) is 0.500. The van der Waals surface area contributed by atoms with Gasteiger partial charge < -0.3 is 4.90 Å². The summed E-state index contributed by atoms with van der Waals surface area (Å²) in [5.41, 5.74) is 3.99. The molecule has 142 valence electrons. The molecule has 27 heavy (non-hydrogen) atoms. The number of hydrogen-bond acceptors (Lipinski definition) is 5. The highest BCUT2D eigenvalue weighted by Gasteiger charge is 2.32. The predicted molar refractivity (Wildman–Crippen MR) is 106 cm³/mol. The van der Waals surface area contributed by atoms with E-state index < -0.39 is 0 Å². The van der Waals surface area contributed by atoms with Gasteiger partial charge in [-0.3, -0.25) is 4.79 Å². The van der Waals surface area contributed by atoms with Crippen LogP contribution >= 0.6 is 11.3 Å². The molecule has 0 bridgehead atoms. The van der Waals surface area contributed by atoms with Crippen molar-refractivity contribution in [3.8, 4) is 0 Å². The Hall–Kier alpha value is -2.28. The molecule has 0 spiro atoms. The maximum Gasteiger partial charge on any atom is 0.234 e. The topological polar surface area (TPSA) is 63.4 Å². The number of hydrogen-bond donors (Lipinski definition) is 0. The van der Waals surface area contributed by atoms with E-state index in [1.165, 1.54) is 28.0 Å². The number of carbonyl (C=O) groups excluding carboxylic acids is 1. The minimum Gasteiger partial charge on any atom is -0.335 e. The minimum absolute atomic E-state index is 0.155. The Balaban J connectivity index is 1.51. The van der Waals surface area contributed by atoms with Crippen LogP contribution in [0, 0.1) is 19.8 Å². The van der Waals surface area contributed by atoms with Gasteiger partial charge in [0.25, 0.3) is 0 Å². The van der Waals surface area contributed by atoms with Gasteiger partial charge in [0, 0.05) is 19.4 Å². The average molecular weight is 384 g/mol. The van der Waals surface area contributed by atoms with E-state index in [2.05, 4.69) is 59.2 Å². The van der Waals surface area contributed by atoms with E-state index in [-0.39, 0.29) is 11.9 Å². The van der Waals surface area contributed by atoms with Gasteiger partial charge in [-0.15, -0.1) is 10.2 Å². The molecule has 1 aliphatic rings. The second-order valence-electron chi connectivity index (χ2n) is 7.67. The SMILES string of the molecule is Cc1ccc2c(c1)CCN(C(=O)CCc1nn3c(C)nnc3s1)C2C(C)C. The van der Waals surface area contributed by atoms with Gasteiger partial charge in [0.2, 0.25) is 10.9 Å². The molecule has 2 aromatic heterocycles. The lowest BCUT2D eigenvalue weighted by atomic mass is 9.85. The third-order valence-electron chi connectivity index (χ3n) is 5.27. The summed E-state index contributed by atoms with van der Waals surface area (Å²) in [6, 6.07) is 6.79. The zero-order chi connectivity index (χ0) is 19.1. The number of rotatable bonds is 4. The first-order chi connectivity index (χ1) is 12.9. The van der Waals surface area contributed by atoms with Crippen LogP contribution in [-0.4, -0.2) is 37.2 Å². The zero-order valence-electron chi connectivity index (χ0n) is 16.3. The fourth-order valence-electron chi connectivity index (χ4n) is 4.00. The Kier molecular flexibility index (Phi) is 4.72. The first-order valence-electron chi connectivity index (χ1n) is 9.50. The Bertz CT molecular complexity index is 990. The van der Waals surface area contributed by atoms with Gasteiger partial charge in [0.15, 0.2) is 5.82 Å². The van der Waals surface area contributed by atoms with Crippen LogP contribution in [0.4, 0.5) is 0 Å². The molecule has 3 heterocycles. The fourth-order valence-corrected chi connectivity index (χ4v) is 4.88. The molecule has 0 radical (unpaired) electrons. The van der Waals surface area contributed by atoms with Gasteiger partial charge >= 0.3 is 0 Å². The van der Waals surface area contributed by atoms with Crippen LogP contribution in [0.15, 0.2) is 18.2 Å². The Morgan fingerprint density at radius 3 is 2.85 bits per heavy atom. The molecule has 1 aliphatic heterocycles. The second-order valence-corrected chi connectivity index (χ2v) is 8.71. The van der Waals surface area contributed by atoms with E-state index >= 15 is 0 Å². The molecule has 0 N–H and O–H groups in total. The molecule has 0 aliphatic carbocycles. The summed E-state index contributed by atoms with van der Waals surface area (Å²) < 4.78 is 1.75. The highest BCUT2D eigenvalue weighted by Crippen LogP contribution is 2.36. The lowest BCUT2D eigenvalue weighted by molar-refractivity contribution is -0.135. The number of aryl methyl sites for hydroxylation is 3. The standard InChI is InChI=1S/C20H25N5OS/c1-12(2)19-16-6-5-13(3)11-15(16)9-10-24(19)18(26)8-7-17-23-25-14(4)21-22-20(25)27-17/h5-6,11-12,19H,7-10H2,1-4H3. The number of nitrogens with zero attached hydrogens (tertiary/aromatic N) is 5. The third kappa shape index (κ3) is 3.36. The Labute approximate surface area is 163 Å². The lowest BCUT2D eigenvalue weighted by Crippen LogP contribution is -2.42. The van der Waals surface area contributed by atoms with Crippen LogP contribution in [-0.2, 0) is 17.6 Å². The summed E-state index contributed by atoms with van der Waals surface area (Å²) in [5, 5.41) is 13.6. The summed E-state index contributed by atoms with van der Waals surface area (Å²) in [4.78, 5) is 15.9. The van der Waals surface area contributed by atoms with Crippen molar-refractivity contribution in [2.24, 2.45) is 5.92 Å². The Morgan fingerprint density at radius 2 is 2.11 bits per heavy atom. The van der Waals surface area contributed by atoms with Crippen LogP contribution in [0.2, 0.25) is 0 Å². The molecule has 7 heteroatoms. The maximum atomic E-state index is 13.1. The van der Waals surface area contributed by atoms with Crippen LogP contribution in [0.1, 0.15) is 53.8 Å². The number of fused-ring (bicyclic) bond motifs is 2. The summed E-state index contributed by atoms with van der Waals surface area (Å²) in [5.74, 6) is 1.37. The smallest absolute Gasteiger partial charge is 0.234 e. The van der Waals surface area contributed by atoms with Gasteiger partial charge in [-0.2, -0.15) is 9.61 Å². The van der Waals surface area contributed by atoms with Crippen LogP contribution in [0.5, 0.6) is 0 Å². The van der Waals surface area contributed by atoms with Crippen molar-refractivity contribution in [3.05, 3.63) is 45.7 Å². The zero-order valence-corrected chi connectivity index (χ0v) is 17.1. The molecule has 1 unspecified atom stereocenters. The molecule has 1 aromatic carbocycles. The largest absolute Gasteiger partial charge is 0.335 e. The normalized spacial score (nSPS) is 16.9. The van der Waals surface area contributed by atoms with Crippen LogP contribution < -0.4 is 0 Å². The first kappa shape index (κ1) is 18.1. The van der Waals surface area contributed by atoms with E-state index in [1.54, 1.807) is 4.52 Å². The van der Waals surface area contributed by atoms with E-state index in [0.29, 0.717) is 18.8 Å². The van der Waals surface area contributed by atoms with Crippen molar-refractivity contribution in [1.29, 1.82) is 0 Å². The predicted octanol–water partition coefficient (Wildman–Crippen LogP) is 3.52. The third-order valence-corrected chi connectivity index (χ3v) is 6.23. The van der Waals surface area contributed by atoms with Crippen molar-refractivity contribution in [3.63, 3.8) is 0 Å². The highest BCUT2D eigenvalue weighted by molar-refractivity contribution is 7.16. The van der Waals surface area contributed by atoms with Gasteiger partial charge in [0.1, 0.15) is 5.01 Å². The summed E-state index contributed by atoms with van der Waals surface area (Å²) in [6.45, 7) is 9.21. The van der Waals surface area contributed by atoms with Gasteiger partial charge in [-0.25, -0.2) is 0 Å².